The molecule has 0 aliphatic carbocycles. The first-order valence-corrected chi connectivity index (χ1v) is 15.9. The highest BCUT2D eigenvalue weighted by molar-refractivity contribution is 6.12. The predicted molar refractivity (Wildman–Crippen MR) is 195 cm³/mol. The quantitative estimate of drug-likeness (QED) is 0.198. The van der Waals surface area contributed by atoms with Crippen molar-refractivity contribution in [1.82, 2.24) is 9.13 Å². The van der Waals surface area contributed by atoms with Gasteiger partial charge in [-0.1, -0.05) is 96.6 Å². The van der Waals surface area contributed by atoms with Crippen molar-refractivity contribution in [3.8, 4) is 39.7 Å². The van der Waals surface area contributed by atoms with Crippen LogP contribution in [-0.2, 0) is 0 Å². The normalized spacial score (nSPS) is 11.5. The Hall–Kier alpha value is -6.37. The average molecular weight is 600 g/mol. The molecule has 0 radical (unpaired) electrons. The molecule has 9 aromatic rings. The number of benzene rings is 7. The van der Waals surface area contributed by atoms with E-state index in [1.165, 1.54) is 66.0 Å². The van der Waals surface area contributed by atoms with Gasteiger partial charge in [-0.3, -0.25) is 0 Å². The van der Waals surface area contributed by atoms with Crippen molar-refractivity contribution < 1.29 is 0 Å². The molecule has 0 atom stereocenters. The lowest BCUT2D eigenvalue weighted by Crippen LogP contribution is -1.94. The Bertz CT molecular complexity index is 2660. The molecule has 0 N–H and O–H groups in total. The minimum Gasteiger partial charge on any atom is -0.309 e. The molecule has 7 aromatic carbocycles. The van der Waals surface area contributed by atoms with Crippen LogP contribution < -0.4 is 0 Å². The molecule has 2 heterocycles. The van der Waals surface area contributed by atoms with Crippen molar-refractivity contribution in [3.63, 3.8) is 0 Å². The van der Waals surface area contributed by atoms with Gasteiger partial charge < -0.3 is 9.13 Å². The molecule has 0 aliphatic rings. The van der Waals surface area contributed by atoms with Crippen molar-refractivity contribution in [3.05, 3.63) is 169 Å². The molecule has 47 heavy (non-hydrogen) atoms. The summed E-state index contributed by atoms with van der Waals surface area (Å²) in [7, 11) is 0. The molecule has 3 heteroatoms. The van der Waals surface area contributed by atoms with Crippen LogP contribution in [0.2, 0.25) is 0 Å². The Morgan fingerprint density at radius 3 is 1.53 bits per heavy atom. The summed E-state index contributed by atoms with van der Waals surface area (Å²) in [5.41, 5.74) is 13.6. The van der Waals surface area contributed by atoms with Crippen LogP contribution in [0.25, 0.3) is 77.2 Å². The van der Waals surface area contributed by atoms with Crippen molar-refractivity contribution in [2.45, 2.75) is 6.92 Å². The first-order valence-electron chi connectivity index (χ1n) is 15.9. The highest BCUT2D eigenvalue weighted by Gasteiger charge is 2.16. The van der Waals surface area contributed by atoms with E-state index in [9.17, 15) is 5.26 Å². The van der Waals surface area contributed by atoms with Gasteiger partial charge in [0, 0.05) is 32.9 Å². The SMILES string of the molecule is Cc1ccc(-n2c3ccccc3c3cc(-c4ccc5c6ccccc6n(-c6ccc(-c7ccc(C#N)cc7)cc6)c5c4)ccc32)cc1. The summed E-state index contributed by atoms with van der Waals surface area (Å²) in [5, 5.41) is 14.2. The van der Waals surface area contributed by atoms with E-state index in [-0.39, 0.29) is 0 Å². The summed E-state index contributed by atoms with van der Waals surface area (Å²) in [6.45, 7) is 2.13. The van der Waals surface area contributed by atoms with Crippen LogP contribution in [0.4, 0.5) is 0 Å². The first kappa shape index (κ1) is 27.0. The highest BCUT2D eigenvalue weighted by atomic mass is 15.0. The molecule has 0 spiro atoms. The molecule has 0 saturated carbocycles. The molecular formula is C44H29N3. The molecule has 3 nitrogen and oxygen atoms in total. The van der Waals surface area contributed by atoms with Crippen molar-refractivity contribution in [2.75, 3.05) is 0 Å². The number of nitrogens with zero attached hydrogens (tertiary/aromatic N) is 3. The zero-order valence-electron chi connectivity index (χ0n) is 25.9. The Kier molecular flexibility index (Phi) is 6.10. The fourth-order valence-electron chi connectivity index (χ4n) is 7.09. The third kappa shape index (κ3) is 4.35. The summed E-state index contributed by atoms with van der Waals surface area (Å²) in [4.78, 5) is 0. The largest absolute Gasteiger partial charge is 0.309 e. The molecular weight excluding hydrogens is 571 g/mol. The number of aromatic nitrogens is 2. The van der Waals surface area contributed by atoms with Gasteiger partial charge in [0.1, 0.15) is 0 Å². The topological polar surface area (TPSA) is 33.6 Å². The maximum Gasteiger partial charge on any atom is 0.0991 e. The number of fused-ring (bicyclic) bond motifs is 6. The summed E-state index contributed by atoms with van der Waals surface area (Å²) in [6.07, 6.45) is 0. The Balaban J connectivity index is 1.20. The van der Waals surface area contributed by atoms with Crippen molar-refractivity contribution >= 4 is 43.6 Å². The van der Waals surface area contributed by atoms with Crippen LogP contribution in [0.15, 0.2) is 158 Å². The van der Waals surface area contributed by atoms with Crippen LogP contribution >= 0.6 is 0 Å². The van der Waals surface area contributed by atoms with Gasteiger partial charge in [0.05, 0.1) is 33.7 Å². The molecule has 0 fully saturated rings. The van der Waals surface area contributed by atoms with E-state index in [0.29, 0.717) is 5.56 Å². The summed E-state index contributed by atoms with van der Waals surface area (Å²) in [5.74, 6) is 0. The maximum atomic E-state index is 9.19. The molecule has 0 bridgehead atoms. The highest BCUT2D eigenvalue weighted by Crippen LogP contribution is 2.38. The van der Waals surface area contributed by atoms with Gasteiger partial charge in [-0.25, -0.2) is 0 Å². The average Bonchev–Trinajstić information content (AvgIpc) is 3.64. The van der Waals surface area contributed by atoms with Crippen molar-refractivity contribution in [2.24, 2.45) is 0 Å². The minimum atomic E-state index is 0.669. The van der Waals surface area contributed by atoms with E-state index in [1.807, 2.05) is 24.3 Å². The second-order valence-corrected chi connectivity index (χ2v) is 12.2. The third-order valence-corrected chi connectivity index (χ3v) is 9.44. The van der Waals surface area contributed by atoms with Gasteiger partial charge in [0.25, 0.3) is 0 Å². The van der Waals surface area contributed by atoms with E-state index in [1.54, 1.807) is 0 Å². The smallest absolute Gasteiger partial charge is 0.0991 e. The van der Waals surface area contributed by atoms with E-state index in [4.69, 9.17) is 0 Å². The van der Waals surface area contributed by atoms with E-state index >= 15 is 0 Å². The van der Waals surface area contributed by atoms with Gasteiger partial charge in [-0.15, -0.1) is 0 Å². The number of hydrogen-bond donors (Lipinski definition) is 0. The lowest BCUT2D eigenvalue weighted by molar-refractivity contribution is 1.17. The lowest BCUT2D eigenvalue weighted by atomic mass is 10.0. The fourth-order valence-corrected chi connectivity index (χ4v) is 7.09. The minimum absolute atomic E-state index is 0.669. The fraction of sp³-hybridized carbons (Fsp3) is 0.0227. The summed E-state index contributed by atoms with van der Waals surface area (Å²) in [6, 6.07) is 58.5. The van der Waals surface area contributed by atoms with Crippen LogP contribution in [0, 0.1) is 18.3 Å². The second-order valence-electron chi connectivity index (χ2n) is 12.2. The molecule has 0 aliphatic heterocycles. The Morgan fingerprint density at radius 1 is 0.404 bits per heavy atom. The van der Waals surface area contributed by atoms with Gasteiger partial charge in [-0.05, 0) is 95.9 Å². The van der Waals surface area contributed by atoms with Crippen LogP contribution in [-0.4, -0.2) is 9.13 Å². The number of para-hydroxylation sites is 2. The molecule has 0 unspecified atom stereocenters. The first-order chi connectivity index (χ1) is 23.2. The van der Waals surface area contributed by atoms with Crippen molar-refractivity contribution in [1.29, 1.82) is 5.26 Å². The third-order valence-electron chi connectivity index (χ3n) is 9.44. The van der Waals surface area contributed by atoms with E-state index in [2.05, 4.69) is 156 Å². The van der Waals surface area contributed by atoms with E-state index in [0.717, 1.165) is 16.8 Å². The van der Waals surface area contributed by atoms with Crippen LogP contribution in [0.5, 0.6) is 0 Å². The maximum absolute atomic E-state index is 9.19. The molecule has 9 rings (SSSR count). The number of nitriles is 1. The zero-order chi connectivity index (χ0) is 31.5. The second kappa shape index (κ2) is 10.6. The van der Waals surface area contributed by atoms with Crippen LogP contribution in [0.1, 0.15) is 11.1 Å². The lowest BCUT2D eigenvalue weighted by Gasteiger charge is -2.11. The summed E-state index contributed by atoms with van der Waals surface area (Å²) < 4.78 is 4.75. The van der Waals surface area contributed by atoms with Gasteiger partial charge >= 0.3 is 0 Å². The Labute approximate surface area is 272 Å². The molecule has 0 amide bonds. The van der Waals surface area contributed by atoms with Gasteiger partial charge in [0.2, 0.25) is 0 Å². The summed E-state index contributed by atoms with van der Waals surface area (Å²) >= 11 is 0. The molecule has 220 valence electrons. The predicted octanol–water partition coefficient (Wildman–Crippen LogP) is 11.4. The standard InChI is InChI=1S/C44H29N3/c1-29-10-20-35(21-11-29)46-42-9-5-3-7-38(42)40-26-33(19-25-43(40)46)34-18-24-39-37-6-2-4-8-41(37)47(44(39)27-34)36-22-16-32(17-23-36)31-14-12-30(28-45)13-15-31/h2-27H,1H3. The zero-order valence-corrected chi connectivity index (χ0v) is 25.9. The molecule has 2 aromatic heterocycles. The van der Waals surface area contributed by atoms with Crippen LogP contribution in [0.3, 0.4) is 0 Å². The number of aryl methyl sites for hydroxylation is 1. The van der Waals surface area contributed by atoms with Gasteiger partial charge in [0.15, 0.2) is 0 Å². The van der Waals surface area contributed by atoms with Gasteiger partial charge in [-0.2, -0.15) is 5.26 Å². The molecule has 0 saturated heterocycles. The number of hydrogen-bond acceptors (Lipinski definition) is 1. The number of rotatable bonds is 4. The van der Waals surface area contributed by atoms with E-state index < -0.39 is 0 Å². The Morgan fingerprint density at radius 2 is 0.872 bits per heavy atom. The monoisotopic (exact) mass is 599 g/mol.